The standard InChI is InChI=1S/C24H15Cl2F3N2O2S/c25-18-8-4-9-19(26)16(18)12-30-20-10-2-1-7-17(20)23(22(30)33)31(21(32)13-34-23)15-6-3-5-14(11-15)24(27,28)29/h1-11H,12-13H2/t23-/m0/s1. The minimum Gasteiger partial charge on any atom is -0.304 e. The van der Waals surface area contributed by atoms with Crippen molar-refractivity contribution in [3.8, 4) is 0 Å². The highest BCUT2D eigenvalue weighted by atomic mass is 35.5. The maximum Gasteiger partial charge on any atom is 0.416 e. The van der Waals surface area contributed by atoms with Crippen molar-refractivity contribution >= 4 is 58.2 Å². The molecule has 34 heavy (non-hydrogen) atoms. The zero-order valence-corrected chi connectivity index (χ0v) is 19.6. The molecule has 10 heteroatoms. The average Bonchev–Trinajstić information content (AvgIpc) is 3.26. The predicted octanol–water partition coefficient (Wildman–Crippen LogP) is 6.49. The predicted molar refractivity (Wildman–Crippen MR) is 127 cm³/mol. The van der Waals surface area contributed by atoms with E-state index in [1.54, 1.807) is 42.5 Å². The van der Waals surface area contributed by atoms with Gasteiger partial charge in [0, 0.05) is 26.9 Å². The molecule has 2 aliphatic heterocycles. The molecule has 0 bridgehead atoms. The van der Waals surface area contributed by atoms with Crippen molar-refractivity contribution in [2.24, 2.45) is 0 Å². The van der Waals surface area contributed by atoms with E-state index in [-0.39, 0.29) is 18.0 Å². The van der Waals surface area contributed by atoms with Gasteiger partial charge in [0.25, 0.3) is 5.91 Å². The highest BCUT2D eigenvalue weighted by molar-refractivity contribution is 8.02. The summed E-state index contributed by atoms with van der Waals surface area (Å²) in [5, 5.41) is 0.757. The van der Waals surface area contributed by atoms with Crippen LogP contribution in [0.4, 0.5) is 24.5 Å². The topological polar surface area (TPSA) is 40.6 Å². The van der Waals surface area contributed by atoms with Crippen LogP contribution in [-0.4, -0.2) is 17.6 Å². The third kappa shape index (κ3) is 3.47. The summed E-state index contributed by atoms with van der Waals surface area (Å²) in [5.41, 5.74) is 0.707. The van der Waals surface area contributed by atoms with Crippen LogP contribution in [0.5, 0.6) is 0 Å². The second kappa shape index (κ2) is 8.22. The Kier molecular flexibility index (Phi) is 5.58. The van der Waals surface area contributed by atoms with E-state index in [0.717, 1.165) is 23.9 Å². The van der Waals surface area contributed by atoms with Gasteiger partial charge in [-0.2, -0.15) is 13.2 Å². The third-order valence-corrected chi connectivity index (χ3v) is 7.97. The number of hydrogen-bond acceptors (Lipinski definition) is 3. The van der Waals surface area contributed by atoms with E-state index in [0.29, 0.717) is 26.9 Å². The summed E-state index contributed by atoms with van der Waals surface area (Å²) < 4.78 is 40.2. The molecule has 1 spiro atoms. The first-order valence-corrected chi connectivity index (χ1v) is 11.9. The number of carbonyl (C=O) groups excluding carboxylic acids is 2. The number of thioether (sulfide) groups is 1. The van der Waals surface area contributed by atoms with Gasteiger partial charge in [-0.25, -0.2) is 0 Å². The van der Waals surface area contributed by atoms with Gasteiger partial charge in [0.2, 0.25) is 10.8 Å². The zero-order chi connectivity index (χ0) is 24.3. The maximum atomic E-state index is 14.0. The lowest BCUT2D eigenvalue weighted by atomic mass is 10.0. The molecule has 4 nitrogen and oxygen atoms in total. The molecule has 0 aliphatic carbocycles. The quantitative estimate of drug-likeness (QED) is 0.394. The van der Waals surface area contributed by atoms with E-state index < -0.39 is 28.4 Å². The summed E-state index contributed by atoms with van der Waals surface area (Å²) in [5.74, 6) is -0.958. The van der Waals surface area contributed by atoms with Crippen molar-refractivity contribution in [1.82, 2.24) is 0 Å². The van der Waals surface area contributed by atoms with Gasteiger partial charge in [-0.15, -0.1) is 11.8 Å². The van der Waals surface area contributed by atoms with Crippen molar-refractivity contribution in [2.75, 3.05) is 15.6 Å². The van der Waals surface area contributed by atoms with Crippen molar-refractivity contribution in [3.63, 3.8) is 0 Å². The number of carbonyl (C=O) groups is 2. The van der Waals surface area contributed by atoms with Gasteiger partial charge in [0.05, 0.1) is 23.5 Å². The fourth-order valence-corrected chi connectivity index (χ4v) is 6.25. The first kappa shape index (κ1) is 23.1. The summed E-state index contributed by atoms with van der Waals surface area (Å²) >= 11 is 13.8. The number of nitrogens with zero attached hydrogens (tertiary/aromatic N) is 2. The molecule has 2 heterocycles. The smallest absolute Gasteiger partial charge is 0.304 e. The summed E-state index contributed by atoms with van der Waals surface area (Å²) in [7, 11) is 0. The molecule has 5 rings (SSSR count). The van der Waals surface area contributed by atoms with Crippen LogP contribution < -0.4 is 9.80 Å². The lowest BCUT2D eigenvalue weighted by Gasteiger charge is -2.33. The highest BCUT2D eigenvalue weighted by Gasteiger charge is 2.61. The molecule has 2 amide bonds. The van der Waals surface area contributed by atoms with E-state index in [1.807, 2.05) is 0 Å². The van der Waals surface area contributed by atoms with Crippen LogP contribution >= 0.6 is 35.0 Å². The van der Waals surface area contributed by atoms with Gasteiger partial charge < -0.3 is 4.90 Å². The largest absolute Gasteiger partial charge is 0.416 e. The third-order valence-electron chi connectivity index (χ3n) is 5.87. The monoisotopic (exact) mass is 522 g/mol. The number of anilines is 2. The Hall–Kier alpha value is -2.68. The molecule has 0 N–H and O–H groups in total. The van der Waals surface area contributed by atoms with Gasteiger partial charge in [-0.05, 0) is 36.4 Å². The normalized spacial score (nSPS) is 19.9. The molecule has 1 fully saturated rings. The summed E-state index contributed by atoms with van der Waals surface area (Å²) in [6.45, 7) is 0.0429. The first-order valence-electron chi connectivity index (χ1n) is 10.1. The summed E-state index contributed by atoms with van der Waals surface area (Å²) in [4.78, 5) is 28.2. The zero-order valence-electron chi connectivity index (χ0n) is 17.3. The molecule has 3 aromatic rings. The van der Waals surface area contributed by atoms with Gasteiger partial charge >= 0.3 is 6.18 Å². The Morgan fingerprint density at radius 1 is 0.941 bits per heavy atom. The van der Waals surface area contributed by atoms with Crippen molar-refractivity contribution in [3.05, 3.63) is 93.5 Å². The van der Waals surface area contributed by atoms with Crippen LogP contribution in [-0.2, 0) is 27.2 Å². The van der Waals surface area contributed by atoms with Gasteiger partial charge in [-0.3, -0.25) is 14.5 Å². The fourth-order valence-electron chi connectivity index (χ4n) is 4.38. The van der Waals surface area contributed by atoms with E-state index >= 15 is 0 Å². The first-order chi connectivity index (χ1) is 16.1. The minimum absolute atomic E-state index is 0.00519. The number of benzene rings is 3. The molecule has 1 atom stereocenters. The number of alkyl halides is 3. The molecule has 0 saturated carbocycles. The van der Waals surface area contributed by atoms with Crippen LogP contribution in [0.2, 0.25) is 10.0 Å². The second-order valence-electron chi connectivity index (χ2n) is 7.82. The second-order valence-corrected chi connectivity index (χ2v) is 9.80. The minimum atomic E-state index is -4.59. The number of fused-ring (bicyclic) bond motifs is 2. The Bertz CT molecular complexity index is 1310. The molecule has 3 aromatic carbocycles. The van der Waals surface area contributed by atoms with Gasteiger partial charge in [0.15, 0.2) is 0 Å². The lowest BCUT2D eigenvalue weighted by Crippen LogP contribution is -2.49. The average molecular weight is 523 g/mol. The molecule has 174 valence electrons. The molecule has 0 aromatic heterocycles. The van der Waals surface area contributed by atoms with Crippen LogP contribution in [0.15, 0.2) is 66.7 Å². The highest BCUT2D eigenvalue weighted by Crippen LogP contribution is 2.56. The summed E-state index contributed by atoms with van der Waals surface area (Å²) in [6.07, 6.45) is -4.59. The van der Waals surface area contributed by atoms with Crippen LogP contribution in [0, 0.1) is 0 Å². The number of hydrogen-bond donors (Lipinski definition) is 0. The van der Waals surface area contributed by atoms with Crippen LogP contribution in [0.3, 0.4) is 0 Å². The Labute approximate surface area is 207 Å². The van der Waals surface area contributed by atoms with E-state index in [4.69, 9.17) is 23.2 Å². The molecule has 0 radical (unpaired) electrons. The van der Waals surface area contributed by atoms with Crippen LogP contribution in [0.1, 0.15) is 16.7 Å². The Morgan fingerprint density at radius 2 is 1.62 bits per heavy atom. The van der Waals surface area contributed by atoms with E-state index in [1.165, 1.54) is 21.9 Å². The fraction of sp³-hybridized carbons (Fsp3) is 0.167. The van der Waals surface area contributed by atoms with Crippen molar-refractivity contribution < 1.29 is 22.8 Å². The Balaban J connectivity index is 1.65. The number of amides is 2. The van der Waals surface area contributed by atoms with E-state index in [9.17, 15) is 22.8 Å². The molecule has 0 unspecified atom stereocenters. The maximum absolute atomic E-state index is 14.0. The van der Waals surface area contributed by atoms with Crippen LogP contribution in [0.25, 0.3) is 0 Å². The molecule has 2 aliphatic rings. The molecular weight excluding hydrogens is 508 g/mol. The van der Waals surface area contributed by atoms with E-state index in [2.05, 4.69) is 0 Å². The van der Waals surface area contributed by atoms with Gasteiger partial charge in [-0.1, -0.05) is 53.5 Å². The number of para-hydroxylation sites is 1. The Morgan fingerprint density at radius 3 is 2.32 bits per heavy atom. The van der Waals surface area contributed by atoms with Crippen molar-refractivity contribution in [2.45, 2.75) is 17.6 Å². The molecule has 1 saturated heterocycles. The number of rotatable bonds is 3. The SMILES string of the molecule is O=C1CS[C@@]2(C(=O)N(Cc3c(Cl)cccc3Cl)c3ccccc32)N1c1cccc(C(F)(F)F)c1. The molecular formula is C24H15Cl2F3N2O2S. The lowest BCUT2D eigenvalue weighted by molar-refractivity contribution is -0.137. The number of halogens is 5. The van der Waals surface area contributed by atoms with Crippen molar-refractivity contribution in [1.29, 1.82) is 0 Å². The van der Waals surface area contributed by atoms with Gasteiger partial charge in [0.1, 0.15) is 0 Å². The summed E-state index contributed by atoms with van der Waals surface area (Å²) in [6, 6.07) is 16.4.